The Morgan fingerprint density at radius 3 is 2.71 bits per heavy atom. The van der Waals surface area contributed by atoms with Crippen LogP contribution in [0.25, 0.3) is 11.8 Å². The minimum atomic E-state index is -0.366. The molecule has 2 rings (SSSR count). The Morgan fingerprint density at radius 1 is 1.24 bits per heavy atom. The number of nitro benzene ring substituents is 1. The van der Waals surface area contributed by atoms with Crippen LogP contribution in [0.2, 0.25) is 0 Å². The molecule has 0 bridgehead atoms. The van der Waals surface area contributed by atoms with E-state index in [0.717, 1.165) is 5.69 Å². The van der Waals surface area contributed by atoms with Crippen molar-refractivity contribution >= 4 is 11.8 Å². The Hall–Kier alpha value is -2.36. The van der Waals surface area contributed by atoms with Crippen LogP contribution in [0, 0.1) is 10.1 Å². The number of nitrogens with zero attached hydrogens (tertiary/aromatic N) is 2. The van der Waals surface area contributed by atoms with Crippen LogP contribution in [-0.4, -0.2) is 9.49 Å². The lowest BCUT2D eigenvalue weighted by atomic mass is 10.2. The Bertz CT molecular complexity index is 570. The third-order valence-corrected chi connectivity index (χ3v) is 2.46. The van der Waals surface area contributed by atoms with Crippen LogP contribution >= 0.6 is 0 Å². The zero-order valence-electron chi connectivity index (χ0n) is 9.41. The van der Waals surface area contributed by atoms with Crippen molar-refractivity contribution in [3.8, 4) is 5.69 Å². The number of aromatic nitrogens is 1. The van der Waals surface area contributed by atoms with Crippen LogP contribution in [0.4, 0.5) is 5.69 Å². The van der Waals surface area contributed by atoms with E-state index in [4.69, 9.17) is 0 Å². The van der Waals surface area contributed by atoms with Crippen LogP contribution in [0.1, 0.15) is 12.6 Å². The Morgan fingerprint density at radius 2 is 2.00 bits per heavy atom. The van der Waals surface area contributed by atoms with E-state index in [9.17, 15) is 10.1 Å². The monoisotopic (exact) mass is 228 g/mol. The molecule has 0 fully saturated rings. The van der Waals surface area contributed by atoms with Gasteiger partial charge in [0.2, 0.25) is 0 Å². The minimum Gasteiger partial charge on any atom is -0.311 e. The highest BCUT2D eigenvalue weighted by molar-refractivity contribution is 5.57. The van der Waals surface area contributed by atoms with Gasteiger partial charge in [0.25, 0.3) is 5.69 Å². The molecule has 0 atom stereocenters. The molecule has 0 aliphatic rings. The maximum absolute atomic E-state index is 11.0. The van der Waals surface area contributed by atoms with Crippen LogP contribution in [0.3, 0.4) is 0 Å². The summed E-state index contributed by atoms with van der Waals surface area (Å²) in [6.07, 6.45) is 5.63. The maximum Gasteiger partial charge on any atom is 0.293 e. The summed E-state index contributed by atoms with van der Waals surface area (Å²) in [5.41, 5.74) is 1.60. The Kier molecular flexibility index (Phi) is 3.05. The number of benzene rings is 1. The molecule has 1 aromatic carbocycles. The second kappa shape index (κ2) is 4.65. The predicted molar refractivity (Wildman–Crippen MR) is 67.1 cm³/mol. The summed E-state index contributed by atoms with van der Waals surface area (Å²) < 4.78 is 1.80. The SMILES string of the molecule is CC=Cc1cccn1-c1ccccc1[N+](=O)[O-]. The Balaban J connectivity index is 2.60. The van der Waals surface area contributed by atoms with E-state index in [1.165, 1.54) is 6.07 Å². The number of nitro groups is 1. The molecular formula is C13H12N2O2. The van der Waals surface area contributed by atoms with Crippen LogP contribution in [0.5, 0.6) is 0 Å². The molecule has 17 heavy (non-hydrogen) atoms. The van der Waals surface area contributed by atoms with Gasteiger partial charge in [-0.25, -0.2) is 0 Å². The van der Waals surface area contributed by atoms with Crippen molar-refractivity contribution in [3.63, 3.8) is 0 Å². The third kappa shape index (κ3) is 2.10. The summed E-state index contributed by atoms with van der Waals surface area (Å²) in [6.45, 7) is 1.91. The summed E-state index contributed by atoms with van der Waals surface area (Å²) in [4.78, 5) is 10.6. The zero-order valence-corrected chi connectivity index (χ0v) is 9.41. The van der Waals surface area contributed by atoms with E-state index >= 15 is 0 Å². The van der Waals surface area contributed by atoms with Crippen molar-refractivity contribution in [1.29, 1.82) is 0 Å². The second-order valence-corrected chi connectivity index (χ2v) is 3.55. The maximum atomic E-state index is 11.0. The summed E-state index contributed by atoms with van der Waals surface area (Å²) in [5, 5.41) is 11.0. The van der Waals surface area contributed by atoms with Crippen molar-refractivity contribution in [1.82, 2.24) is 4.57 Å². The fourth-order valence-electron chi connectivity index (χ4n) is 1.74. The first-order valence-electron chi connectivity index (χ1n) is 5.28. The molecule has 1 heterocycles. The molecule has 0 amide bonds. The van der Waals surface area contributed by atoms with Gasteiger partial charge in [0.1, 0.15) is 5.69 Å². The quantitative estimate of drug-likeness (QED) is 0.597. The third-order valence-electron chi connectivity index (χ3n) is 2.46. The van der Waals surface area contributed by atoms with Crippen LogP contribution in [0.15, 0.2) is 48.7 Å². The lowest BCUT2D eigenvalue weighted by Crippen LogP contribution is -2.00. The number of hydrogen-bond donors (Lipinski definition) is 0. The molecule has 86 valence electrons. The van der Waals surface area contributed by atoms with Crippen molar-refractivity contribution in [3.05, 3.63) is 64.5 Å². The van der Waals surface area contributed by atoms with E-state index in [1.807, 2.05) is 37.4 Å². The summed E-state index contributed by atoms with van der Waals surface area (Å²) >= 11 is 0. The molecule has 4 nitrogen and oxygen atoms in total. The van der Waals surface area contributed by atoms with Gasteiger partial charge < -0.3 is 4.57 Å². The highest BCUT2D eigenvalue weighted by atomic mass is 16.6. The lowest BCUT2D eigenvalue weighted by molar-refractivity contribution is -0.384. The molecule has 0 radical (unpaired) electrons. The molecule has 0 aliphatic carbocycles. The first-order valence-corrected chi connectivity index (χ1v) is 5.28. The zero-order chi connectivity index (χ0) is 12.3. The highest BCUT2D eigenvalue weighted by Crippen LogP contribution is 2.24. The second-order valence-electron chi connectivity index (χ2n) is 3.55. The largest absolute Gasteiger partial charge is 0.311 e. The van der Waals surface area contributed by atoms with Gasteiger partial charge in [-0.15, -0.1) is 0 Å². The van der Waals surface area contributed by atoms with Crippen molar-refractivity contribution < 1.29 is 4.92 Å². The van der Waals surface area contributed by atoms with Gasteiger partial charge in [0, 0.05) is 18.0 Å². The molecule has 1 aromatic heterocycles. The van der Waals surface area contributed by atoms with Gasteiger partial charge in [-0.3, -0.25) is 10.1 Å². The van der Waals surface area contributed by atoms with Gasteiger partial charge in [-0.1, -0.05) is 18.2 Å². The number of para-hydroxylation sites is 2. The van der Waals surface area contributed by atoms with Crippen molar-refractivity contribution in [2.75, 3.05) is 0 Å². The van der Waals surface area contributed by atoms with E-state index < -0.39 is 0 Å². The van der Waals surface area contributed by atoms with Crippen LogP contribution < -0.4 is 0 Å². The molecule has 0 N–H and O–H groups in total. The topological polar surface area (TPSA) is 48.1 Å². The van der Waals surface area contributed by atoms with E-state index in [2.05, 4.69) is 0 Å². The van der Waals surface area contributed by atoms with Gasteiger partial charge >= 0.3 is 0 Å². The number of hydrogen-bond acceptors (Lipinski definition) is 2. The molecule has 2 aromatic rings. The first kappa shape index (κ1) is 11.1. The fourth-order valence-corrected chi connectivity index (χ4v) is 1.74. The molecule has 0 aliphatic heterocycles. The molecule has 0 unspecified atom stereocenters. The molecule has 0 saturated carbocycles. The van der Waals surface area contributed by atoms with E-state index in [0.29, 0.717) is 5.69 Å². The predicted octanol–water partition coefficient (Wildman–Crippen LogP) is 3.42. The van der Waals surface area contributed by atoms with Gasteiger partial charge in [-0.05, 0) is 31.2 Å². The number of allylic oxidation sites excluding steroid dienone is 1. The summed E-state index contributed by atoms with van der Waals surface area (Å²) in [6, 6.07) is 10.5. The summed E-state index contributed by atoms with van der Waals surface area (Å²) in [5.74, 6) is 0. The standard InChI is InChI=1S/C13H12N2O2/c1-2-6-11-7-5-10-14(11)12-8-3-4-9-13(12)15(16)17/h2-10H,1H3. The smallest absolute Gasteiger partial charge is 0.293 e. The fraction of sp³-hybridized carbons (Fsp3) is 0.0769. The van der Waals surface area contributed by atoms with Crippen molar-refractivity contribution in [2.24, 2.45) is 0 Å². The minimum absolute atomic E-state index is 0.106. The average molecular weight is 228 g/mol. The normalized spacial score (nSPS) is 10.9. The first-order chi connectivity index (χ1) is 8.24. The van der Waals surface area contributed by atoms with E-state index in [-0.39, 0.29) is 10.6 Å². The van der Waals surface area contributed by atoms with Gasteiger partial charge in [0.05, 0.1) is 4.92 Å². The molecule has 0 saturated heterocycles. The summed E-state index contributed by atoms with van der Waals surface area (Å²) in [7, 11) is 0. The highest BCUT2D eigenvalue weighted by Gasteiger charge is 2.14. The molecule has 4 heteroatoms. The van der Waals surface area contributed by atoms with Crippen molar-refractivity contribution in [2.45, 2.75) is 6.92 Å². The van der Waals surface area contributed by atoms with Crippen LogP contribution in [-0.2, 0) is 0 Å². The Labute approximate surface area is 99.0 Å². The van der Waals surface area contributed by atoms with E-state index in [1.54, 1.807) is 22.8 Å². The number of rotatable bonds is 3. The molecular weight excluding hydrogens is 216 g/mol. The van der Waals surface area contributed by atoms with Gasteiger partial charge in [-0.2, -0.15) is 0 Å². The van der Waals surface area contributed by atoms with Gasteiger partial charge in [0.15, 0.2) is 0 Å². The molecule has 0 spiro atoms. The lowest BCUT2D eigenvalue weighted by Gasteiger charge is -2.06. The average Bonchev–Trinajstić information content (AvgIpc) is 2.77.